The summed E-state index contributed by atoms with van der Waals surface area (Å²) in [6.07, 6.45) is 2.60. The van der Waals surface area contributed by atoms with Crippen LogP contribution in [-0.4, -0.2) is 29.1 Å². The predicted molar refractivity (Wildman–Crippen MR) is 50.8 cm³/mol. The third kappa shape index (κ3) is 3.13. The lowest BCUT2D eigenvalue weighted by molar-refractivity contribution is 0.164. The Morgan fingerprint density at radius 3 is 1.64 bits per heavy atom. The van der Waals surface area contributed by atoms with Crippen LogP contribution in [0, 0.1) is 9.81 Å². The van der Waals surface area contributed by atoms with Crippen LogP contribution in [0.3, 0.4) is 0 Å². The number of nitrogens with zero attached hydrogens (tertiary/aromatic N) is 4. The zero-order valence-electron chi connectivity index (χ0n) is 7.50. The first-order valence-electron chi connectivity index (χ1n) is 3.68. The third-order valence-corrected chi connectivity index (χ3v) is 1.24. The molecule has 0 aliphatic rings. The van der Waals surface area contributed by atoms with E-state index in [9.17, 15) is 14.6 Å². The molecule has 0 unspecified atom stereocenters. The lowest BCUT2D eigenvalue weighted by Gasteiger charge is -2.16. The molecule has 0 aromatic carbocycles. The van der Waals surface area contributed by atoms with Crippen molar-refractivity contribution in [2.45, 2.75) is 0 Å². The predicted octanol–water partition coefficient (Wildman–Crippen LogP) is 1.45. The van der Waals surface area contributed by atoms with Crippen LogP contribution in [0.5, 0.6) is 0 Å². The van der Waals surface area contributed by atoms with Gasteiger partial charge in [0.2, 0.25) is 0 Å². The molecule has 7 heteroatoms. The molecule has 0 aliphatic heterocycles. The van der Waals surface area contributed by atoms with E-state index in [-0.39, 0.29) is 13.1 Å². The summed E-state index contributed by atoms with van der Waals surface area (Å²) < 4.78 is 0. The Hall–Kier alpha value is -2.05. The van der Waals surface area contributed by atoms with E-state index in [0.29, 0.717) is 10.0 Å². The SMILES string of the molecule is C=CCN(N=O)C(=O)N(CC=C)N=O. The summed E-state index contributed by atoms with van der Waals surface area (Å²) in [5.41, 5.74) is 0. The van der Waals surface area contributed by atoms with Crippen molar-refractivity contribution in [3.8, 4) is 0 Å². The van der Waals surface area contributed by atoms with Crippen molar-refractivity contribution in [1.82, 2.24) is 10.0 Å². The first-order valence-corrected chi connectivity index (χ1v) is 3.68. The average Bonchev–Trinajstić information content (AvgIpc) is 2.21. The molecule has 0 saturated heterocycles. The fourth-order valence-electron chi connectivity index (χ4n) is 0.671. The molecule has 0 aromatic rings. The maximum absolute atomic E-state index is 11.3. The minimum Gasteiger partial charge on any atom is -0.244 e. The van der Waals surface area contributed by atoms with Crippen molar-refractivity contribution < 1.29 is 4.79 Å². The standard InChI is InChI=1S/C7H10N4O3/c1-3-5-10(8-13)7(12)11(9-14)6-4-2/h3-4H,1-2,5-6H2. The minimum absolute atomic E-state index is 0.0779. The molecule has 14 heavy (non-hydrogen) atoms. The van der Waals surface area contributed by atoms with Crippen LogP contribution in [0.15, 0.2) is 35.9 Å². The van der Waals surface area contributed by atoms with Crippen molar-refractivity contribution in [1.29, 1.82) is 0 Å². The van der Waals surface area contributed by atoms with Gasteiger partial charge in [0.25, 0.3) is 0 Å². The van der Waals surface area contributed by atoms with Crippen molar-refractivity contribution in [3.63, 3.8) is 0 Å². The van der Waals surface area contributed by atoms with Crippen LogP contribution in [-0.2, 0) is 0 Å². The van der Waals surface area contributed by atoms with E-state index in [1.807, 2.05) is 0 Å². The van der Waals surface area contributed by atoms with Gasteiger partial charge in [0.1, 0.15) is 0 Å². The molecule has 2 amide bonds. The molecular weight excluding hydrogens is 188 g/mol. The monoisotopic (exact) mass is 198 g/mol. The summed E-state index contributed by atoms with van der Waals surface area (Å²) in [6, 6.07) is -0.908. The summed E-state index contributed by atoms with van der Waals surface area (Å²) in [6.45, 7) is 6.49. The lowest BCUT2D eigenvalue weighted by Crippen LogP contribution is -2.37. The van der Waals surface area contributed by atoms with E-state index >= 15 is 0 Å². The fraction of sp³-hybridized carbons (Fsp3) is 0.286. The zero-order valence-corrected chi connectivity index (χ0v) is 7.50. The third-order valence-electron chi connectivity index (χ3n) is 1.24. The van der Waals surface area contributed by atoms with Gasteiger partial charge < -0.3 is 0 Å². The normalized spacial score (nSPS) is 8.57. The molecular formula is C7H10N4O3. The Balaban J connectivity index is 4.50. The summed E-state index contributed by atoms with van der Waals surface area (Å²) in [5.74, 6) is 0. The summed E-state index contributed by atoms with van der Waals surface area (Å²) in [4.78, 5) is 31.6. The summed E-state index contributed by atoms with van der Waals surface area (Å²) >= 11 is 0. The quantitative estimate of drug-likeness (QED) is 0.368. The van der Waals surface area contributed by atoms with E-state index in [1.165, 1.54) is 12.2 Å². The molecule has 0 aliphatic carbocycles. The van der Waals surface area contributed by atoms with Gasteiger partial charge in [-0.05, 0) is 0 Å². The van der Waals surface area contributed by atoms with Gasteiger partial charge in [0.15, 0.2) is 0 Å². The fourth-order valence-corrected chi connectivity index (χ4v) is 0.671. The number of carbonyl (C=O) groups excluding carboxylic acids is 1. The van der Waals surface area contributed by atoms with Gasteiger partial charge in [0.05, 0.1) is 23.7 Å². The Bertz CT molecular complexity index is 229. The minimum atomic E-state index is -0.908. The van der Waals surface area contributed by atoms with Crippen LogP contribution < -0.4 is 0 Å². The van der Waals surface area contributed by atoms with Crippen molar-refractivity contribution in [2.24, 2.45) is 10.6 Å². The molecule has 0 fully saturated rings. The van der Waals surface area contributed by atoms with Crippen molar-refractivity contribution in [2.75, 3.05) is 13.1 Å². The van der Waals surface area contributed by atoms with Crippen molar-refractivity contribution in [3.05, 3.63) is 35.1 Å². The Morgan fingerprint density at radius 2 is 1.43 bits per heavy atom. The molecule has 0 aromatic heterocycles. The molecule has 0 rings (SSSR count). The Labute approximate surface area is 80.6 Å². The van der Waals surface area contributed by atoms with E-state index in [2.05, 4.69) is 23.7 Å². The van der Waals surface area contributed by atoms with Gasteiger partial charge in [-0.15, -0.1) is 23.0 Å². The molecule has 0 spiro atoms. The largest absolute Gasteiger partial charge is 0.366 e. The summed E-state index contributed by atoms with van der Waals surface area (Å²) in [7, 11) is 0. The second-order valence-electron chi connectivity index (χ2n) is 2.19. The van der Waals surface area contributed by atoms with Crippen LogP contribution in [0.25, 0.3) is 0 Å². The maximum atomic E-state index is 11.3. The average molecular weight is 198 g/mol. The van der Waals surface area contributed by atoms with Crippen LogP contribution in [0.2, 0.25) is 0 Å². The number of hydrogen-bond donors (Lipinski definition) is 0. The number of nitroso groups, excluding NO2 is 2. The van der Waals surface area contributed by atoms with Gasteiger partial charge in [0, 0.05) is 0 Å². The highest BCUT2D eigenvalue weighted by atomic mass is 16.3. The molecule has 0 heterocycles. The van der Waals surface area contributed by atoms with Crippen LogP contribution in [0.1, 0.15) is 0 Å². The van der Waals surface area contributed by atoms with Crippen LogP contribution in [0.4, 0.5) is 4.79 Å². The van der Waals surface area contributed by atoms with Gasteiger partial charge in [-0.25, -0.2) is 4.79 Å². The van der Waals surface area contributed by atoms with Gasteiger partial charge >= 0.3 is 6.03 Å². The van der Waals surface area contributed by atoms with E-state index in [1.54, 1.807) is 0 Å². The first kappa shape index (κ1) is 11.9. The summed E-state index contributed by atoms with van der Waals surface area (Å²) in [5, 5.41) is 5.88. The highest BCUT2D eigenvalue weighted by Crippen LogP contribution is 2.00. The molecule has 0 N–H and O–H groups in total. The maximum Gasteiger partial charge on any atom is 0.366 e. The molecule has 76 valence electrons. The molecule has 0 saturated carbocycles. The van der Waals surface area contributed by atoms with Gasteiger partial charge in [-0.2, -0.15) is 10.0 Å². The second-order valence-corrected chi connectivity index (χ2v) is 2.19. The number of rotatable bonds is 6. The lowest BCUT2D eigenvalue weighted by atomic mass is 10.5. The number of urea groups is 1. The number of amides is 2. The topological polar surface area (TPSA) is 82.4 Å². The second kappa shape index (κ2) is 6.46. The zero-order chi connectivity index (χ0) is 11.0. The highest BCUT2D eigenvalue weighted by molar-refractivity contribution is 5.73. The van der Waals surface area contributed by atoms with Crippen LogP contribution >= 0.6 is 0 Å². The van der Waals surface area contributed by atoms with E-state index in [0.717, 1.165) is 0 Å². The Kier molecular flexibility index (Phi) is 5.52. The van der Waals surface area contributed by atoms with Gasteiger partial charge in [-0.3, -0.25) is 0 Å². The first-order chi connectivity index (χ1) is 6.71. The molecule has 0 atom stereocenters. The molecule has 0 bridgehead atoms. The highest BCUT2D eigenvalue weighted by Gasteiger charge is 2.20. The number of carbonyl (C=O) groups is 1. The van der Waals surface area contributed by atoms with Crippen molar-refractivity contribution >= 4 is 6.03 Å². The molecule has 7 nitrogen and oxygen atoms in total. The number of hydrogen-bond acceptors (Lipinski definition) is 5. The van der Waals surface area contributed by atoms with Gasteiger partial charge in [-0.1, -0.05) is 12.2 Å². The van der Waals surface area contributed by atoms with E-state index in [4.69, 9.17) is 0 Å². The molecule has 0 radical (unpaired) electrons. The smallest absolute Gasteiger partial charge is 0.244 e. The van der Waals surface area contributed by atoms with E-state index < -0.39 is 6.03 Å². The Morgan fingerprint density at radius 1 is 1.07 bits per heavy atom.